The van der Waals surface area contributed by atoms with E-state index in [1.807, 2.05) is 0 Å². The fraction of sp³-hybridized carbons (Fsp3) is 0.667. The summed E-state index contributed by atoms with van der Waals surface area (Å²) in [6.07, 6.45) is 4.98. The smallest absolute Gasteiger partial charge is 0.239 e. The Morgan fingerprint density at radius 1 is 1.57 bits per heavy atom. The van der Waals surface area contributed by atoms with Gasteiger partial charge in [-0.1, -0.05) is 5.92 Å². The molecule has 1 atom stereocenters. The largest absolute Gasteiger partial charge is 0.382 e. The van der Waals surface area contributed by atoms with Crippen LogP contribution in [-0.2, 0) is 14.4 Å². The van der Waals surface area contributed by atoms with Gasteiger partial charge < -0.3 is 10.1 Å². The SMILES string of the molecule is C#CCNC(=O)C(C)NOCCOC. The maximum atomic E-state index is 11.2. The van der Waals surface area contributed by atoms with Gasteiger partial charge in [-0.05, 0) is 6.92 Å². The van der Waals surface area contributed by atoms with Crippen LogP contribution in [0, 0.1) is 12.3 Å². The van der Waals surface area contributed by atoms with E-state index in [0.29, 0.717) is 13.2 Å². The molecule has 14 heavy (non-hydrogen) atoms. The van der Waals surface area contributed by atoms with Crippen LogP contribution in [0.2, 0.25) is 0 Å². The van der Waals surface area contributed by atoms with E-state index < -0.39 is 6.04 Å². The number of ether oxygens (including phenoxy) is 1. The van der Waals surface area contributed by atoms with E-state index in [0.717, 1.165) is 0 Å². The molecule has 1 amide bonds. The van der Waals surface area contributed by atoms with E-state index in [4.69, 9.17) is 16.0 Å². The first kappa shape index (κ1) is 12.9. The topological polar surface area (TPSA) is 59.6 Å². The van der Waals surface area contributed by atoms with Crippen molar-refractivity contribution in [3.63, 3.8) is 0 Å². The van der Waals surface area contributed by atoms with Crippen LogP contribution in [0.3, 0.4) is 0 Å². The second-order valence-electron chi connectivity index (χ2n) is 2.60. The van der Waals surface area contributed by atoms with E-state index in [1.165, 1.54) is 0 Å². The first-order chi connectivity index (χ1) is 6.72. The Morgan fingerprint density at radius 2 is 2.29 bits per heavy atom. The summed E-state index contributed by atoms with van der Waals surface area (Å²) < 4.78 is 4.76. The molecule has 0 heterocycles. The molecule has 0 saturated carbocycles. The van der Waals surface area contributed by atoms with Crippen molar-refractivity contribution in [1.29, 1.82) is 0 Å². The molecular formula is C9H16N2O3. The van der Waals surface area contributed by atoms with Gasteiger partial charge >= 0.3 is 0 Å². The average molecular weight is 200 g/mol. The summed E-state index contributed by atoms with van der Waals surface area (Å²) in [4.78, 5) is 16.1. The van der Waals surface area contributed by atoms with Crippen molar-refractivity contribution in [1.82, 2.24) is 10.8 Å². The number of hydroxylamine groups is 1. The number of terminal acetylenes is 1. The molecule has 0 rings (SSSR count). The molecule has 0 aliphatic carbocycles. The zero-order valence-electron chi connectivity index (χ0n) is 8.50. The number of nitrogens with one attached hydrogen (secondary N) is 2. The Kier molecular flexibility index (Phi) is 7.84. The lowest BCUT2D eigenvalue weighted by molar-refractivity contribution is -0.127. The Bertz CT molecular complexity index is 201. The van der Waals surface area contributed by atoms with Gasteiger partial charge in [0.1, 0.15) is 6.04 Å². The number of hydrogen-bond acceptors (Lipinski definition) is 4. The van der Waals surface area contributed by atoms with Crippen molar-refractivity contribution < 1.29 is 14.4 Å². The molecule has 2 N–H and O–H groups in total. The van der Waals surface area contributed by atoms with Crippen LogP contribution in [0.5, 0.6) is 0 Å². The van der Waals surface area contributed by atoms with Gasteiger partial charge in [-0.25, -0.2) is 0 Å². The van der Waals surface area contributed by atoms with E-state index in [9.17, 15) is 4.79 Å². The molecule has 0 bridgehead atoms. The third-order valence-electron chi connectivity index (χ3n) is 1.41. The molecule has 0 aliphatic rings. The van der Waals surface area contributed by atoms with Gasteiger partial charge in [-0.15, -0.1) is 6.42 Å². The van der Waals surface area contributed by atoms with Crippen LogP contribution >= 0.6 is 0 Å². The zero-order chi connectivity index (χ0) is 10.8. The van der Waals surface area contributed by atoms with Crippen LogP contribution < -0.4 is 10.8 Å². The number of rotatable bonds is 7. The number of carbonyl (C=O) groups excluding carboxylic acids is 1. The molecule has 0 radical (unpaired) electrons. The van der Waals surface area contributed by atoms with Crippen LogP contribution in [-0.4, -0.2) is 38.8 Å². The van der Waals surface area contributed by atoms with Crippen LogP contribution in [0.15, 0.2) is 0 Å². The molecule has 0 aliphatic heterocycles. The van der Waals surface area contributed by atoms with Gasteiger partial charge in [-0.3, -0.25) is 9.63 Å². The van der Waals surface area contributed by atoms with Crippen LogP contribution in [0.4, 0.5) is 0 Å². The molecule has 80 valence electrons. The van der Waals surface area contributed by atoms with Crippen LogP contribution in [0.1, 0.15) is 6.92 Å². The molecule has 0 aromatic carbocycles. The van der Waals surface area contributed by atoms with Crippen LogP contribution in [0.25, 0.3) is 0 Å². The number of amides is 1. The molecule has 0 aromatic rings. The second kappa shape index (κ2) is 8.51. The first-order valence-corrected chi connectivity index (χ1v) is 4.29. The summed E-state index contributed by atoms with van der Waals surface area (Å²) >= 11 is 0. The Balaban J connectivity index is 3.47. The second-order valence-corrected chi connectivity index (χ2v) is 2.60. The lowest BCUT2D eigenvalue weighted by Gasteiger charge is -2.12. The van der Waals surface area contributed by atoms with Crippen molar-refractivity contribution in [3.8, 4) is 12.3 Å². The van der Waals surface area contributed by atoms with E-state index in [1.54, 1.807) is 14.0 Å². The quantitative estimate of drug-likeness (QED) is 0.324. The average Bonchev–Trinajstić information content (AvgIpc) is 2.20. The minimum atomic E-state index is -0.430. The molecular weight excluding hydrogens is 184 g/mol. The number of methoxy groups -OCH3 is 1. The number of hydrogen-bond donors (Lipinski definition) is 2. The fourth-order valence-electron chi connectivity index (χ4n) is 0.654. The highest BCUT2D eigenvalue weighted by molar-refractivity contribution is 5.81. The summed E-state index contributed by atoms with van der Waals surface area (Å²) in [5.74, 6) is 2.12. The maximum Gasteiger partial charge on any atom is 0.239 e. The Labute approximate surface area is 84.1 Å². The minimum Gasteiger partial charge on any atom is -0.382 e. The predicted molar refractivity (Wildman–Crippen MR) is 52.3 cm³/mol. The van der Waals surface area contributed by atoms with Crippen molar-refractivity contribution in [2.75, 3.05) is 26.9 Å². The normalized spacial score (nSPS) is 11.8. The van der Waals surface area contributed by atoms with Crippen molar-refractivity contribution in [2.45, 2.75) is 13.0 Å². The summed E-state index contributed by atoms with van der Waals surface area (Å²) in [5.41, 5.74) is 2.57. The van der Waals surface area contributed by atoms with E-state index in [-0.39, 0.29) is 12.5 Å². The lowest BCUT2D eigenvalue weighted by atomic mass is 10.3. The predicted octanol–water partition coefficient (Wildman–Crippen LogP) is -0.708. The highest BCUT2D eigenvalue weighted by Crippen LogP contribution is 1.82. The van der Waals surface area contributed by atoms with Gasteiger partial charge in [0.05, 0.1) is 19.8 Å². The fourth-order valence-corrected chi connectivity index (χ4v) is 0.654. The summed E-state index contributed by atoms with van der Waals surface area (Å²) in [7, 11) is 1.58. The maximum absolute atomic E-state index is 11.2. The highest BCUT2D eigenvalue weighted by atomic mass is 16.7. The molecule has 0 fully saturated rings. The third-order valence-corrected chi connectivity index (χ3v) is 1.41. The van der Waals surface area contributed by atoms with Gasteiger partial charge in [0, 0.05) is 7.11 Å². The van der Waals surface area contributed by atoms with Crippen molar-refractivity contribution in [3.05, 3.63) is 0 Å². The standard InChI is InChI=1S/C9H16N2O3/c1-4-5-10-9(12)8(2)11-14-7-6-13-3/h1,8,11H,5-7H2,2-3H3,(H,10,12). The highest BCUT2D eigenvalue weighted by Gasteiger charge is 2.10. The zero-order valence-corrected chi connectivity index (χ0v) is 8.50. The van der Waals surface area contributed by atoms with Gasteiger partial charge in [0.15, 0.2) is 0 Å². The third kappa shape index (κ3) is 6.43. The lowest BCUT2D eigenvalue weighted by Crippen LogP contribution is -2.42. The van der Waals surface area contributed by atoms with E-state index >= 15 is 0 Å². The van der Waals surface area contributed by atoms with Gasteiger partial charge in [0.2, 0.25) is 5.91 Å². The van der Waals surface area contributed by atoms with E-state index in [2.05, 4.69) is 16.7 Å². The number of carbonyl (C=O) groups is 1. The van der Waals surface area contributed by atoms with Crippen molar-refractivity contribution in [2.24, 2.45) is 0 Å². The molecule has 5 heteroatoms. The molecule has 1 unspecified atom stereocenters. The summed E-state index contributed by atoms with van der Waals surface area (Å²) in [6, 6.07) is -0.430. The Hall–Kier alpha value is -1.09. The minimum absolute atomic E-state index is 0.194. The summed E-state index contributed by atoms with van der Waals surface area (Å²) in [5, 5.41) is 2.52. The van der Waals surface area contributed by atoms with Gasteiger partial charge in [0.25, 0.3) is 0 Å². The van der Waals surface area contributed by atoms with Crippen molar-refractivity contribution >= 4 is 5.91 Å². The summed E-state index contributed by atoms with van der Waals surface area (Å²) in [6.45, 7) is 2.77. The monoisotopic (exact) mass is 200 g/mol. The molecule has 0 spiro atoms. The first-order valence-electron chi connectivity index (χ1n) is 4.29. The molecule has 0 aromatic heterocycles. The van der Waals surface area contributed by atoms with Gasteiger partial charge in [-0.2, -0.15) is 5.48 Å². The molecule has 0 saturated heterocycles. The molecule has 5 nitrogen and oxygen atoms in total. The Morgan fingerprint density at radius 3 is 2.86 bits per heavy atom.